The van der Waals surface area contributed by atoms with Crippen LogP contribution in [-0.4, -0.2) is 24.4 Å². The minimum Gasteiger partial charge on any atom is -0.396 e. The molecule has 80 valence electrons. The minimum absolute atomic E-state index is 0.372. The van der Waals surface area contributed by atoms with Gasteiger partial charge in [0, 0.05) is 6.61 Å². The second-order valence-corrected chi connectivity index (χ2v) is 3.74. The largest absolute Gasteiger partial charge is 0.396 e. The van der Waals surface area contributed by atoms with Crippen LogP contribution in [0.25, 0.3) is 0 Å². The summed E-state index contributed by atoms with van der Waals surface area (Å²) < 4.78 is 4.71. The standard InChI is InChI=1S/C8H18O.C3H6O/c1-3-5-6-8(4-2)7-9;1-3-2-4-3/h8-9H,3-7H2,1-2H3;3H,2H2,1H3. The van der Waals surface area contributed by atoms with Crippen LogP contribution < -0.4 is 0 Å². The van der Waals surface area contributed by atoms with E-state index >= 15 is 0 Å². The molecule has 1 aliphatic rings. The van der Waals surface area contributed by atoms with Gasteiger partial charge < -0.3 is 9.84 Å². The van der Waals surface area contributed by atoms with Crippen molar-refractivity contribution < 1.29 is 9.84 Å². The molecule has 0 aromatic carbocycles. The van der Waals surface area contributed by atoms with Crippen LogP contribution in [0.3, 0.4) is 0 Å². The van der Waals surface area contributed by atoms with Crippen LogP contribution in [-0.2, 0) is 4.74 Å². The Kier molecular flexibility index (Phi) is 8.46. The van der Waals surface area contributed by atoms with Gasteiger partial charge in [-0.2, -0.15) is 0 Å². The first-order chi connectivity index (χ1) is 6.24. The zero-order valence-electron chi connectivity index (χ0n) is 9.25. The SMILES string of the molecule is CC1CO1.CCCCC(CC)CO. The molecule has 1 aliphatic heterocycles. The molecule has 0 aromatic heterocycles. The molecule has 2 heteroatoms. The summed E-state index contributed by atoms with van der Waals surface area (Å²) in [6.07, 6.45) is 5.41. The summed E-state index contributed by atoms with van der Waals surface area (Å²) in [5.74, 6) is 0.560. The molecule has 0 amide bonds. The lowest BCUT2D eigenvalue weighted by Crippen LogP contribution is -2.03. The van der Waals surface area contributed by atoms with E-state index in [1.807, 2.05) is 0 Å². The molecule has 1 heterocycles. The summed E-state index contributed by atoms with van der Waals surface area (Å²) in [6.45, 7) is 7.73. The van der Waals surface area contributed by atoms with Gasteiger partial charge in [0.05, 0.1) is 12.7 Å². The van der Waals surface area contributed by atoms with Crippen molar-refractivity contribution in [3.05, 3.63) is 0 Å². The first-order valence-electron chi connectivity index (χ1n) is 5.47. The van der Waals surface area contributed by atoms with Crippen LogP contribution in [0, 0.1) is 5.92 Å². The van der Waals surface area contributed by atoms with Crippen molar-refractivity contribution in [3.8, 4) is 0 Å². The van der Waals surface area contributed by atoms with E-state index in [0.717, 1.165) is 13.0 Å². The molecule has 2 nitrogen and oxygen atoms in total. The topological polar surface area (TPSA) is 32.8 Å². The molecule has 0 bridgehead atoms. The third kappa shape index (κ3) is 9.84. The van der Waals surface area contributed by atoms with Gasteiger partial charge in [-0.1, -0.05) is 33.1 Å². The molecule has 1 rings (SSSR count). The number of rotatable bonds is 5. The second kappa shape index (κ2) is 8.52. The summed E-state index contributed by atoms with van der Waals surface area (Å²) in [7, 11) is 0. The first-order valence-corrected chi connectivity index (χ1v) is 5.47. The van der Waals surface area contributed by atoms with Crippen molar-refractivity contribution in [3.63, 3.8) is 0 Å². The van der Waals surface area contributed by atoms with Gasteiger partial charge in [-0.15, -0.1) is 0 Å². The second-order valence-electron chi connectivity index (χ2n) is 3.74. The molecule has 2 unspecified atom stereocenters. The van der Waals surface area contributed by atoms with Crippen molar-refractivity contribution in [1.29, 1.82) is 0 Å². The van der Waals surface area contributed by atoms with Gasteiger partial charge in [0.15, 0.2) is 0 Å². The average Bonchev–Trinajstić information content (AvgIpc) is 2.91. The Morgan fingerprint density at radius 3 is 2.23 bits per heavy atom. The lowest BCUT2D eigenvalue weighted by molar-refractivity contribution is 0.212. The molecular weight excluding hydrogens is 164 g/mol. The Morgan fingerprint density at radius 1 is 1.46 bits per heavy atom. The van der Waals surface area contributed by atoms with Crippen molar-refractivity contribution in [2.45, 2.75) is 52.6 Å². The van der Waals surface area contributed by atoms with Crippen LogP contribution in [0.2, 0.25) is 0 Å². The highest BCUT2D eigenvalue weighted by molar-refractivity contribution is 4.58. The lowest BCUT2D eigenvalue weighted by atomic mass is 10.0. The zero-order chi connectivity index (χ0) is 10.1. The van der Waals surface area contributed by atoms with Gasteiger partial charge in [0.1, 0.15) is 0 Å². The van der Waals surface area contributed by atoms with Gasteiger partial charge >= 0.3 is 0 Å². The predicted molar refractivity (Wildman–Crippen MR) is 55.8 cm³/mol. The smallest absolute Gasteiger partial charge is 0.0781 e. The molecule has 1 N–H and O–H groups in total. The maximum absolute atomic E-state index is 8.75. The Balaban J connectivity index is 0.000000293. The van der Waals surface area contributed by atoms with Gasteiger partial charge in [0.2, 0.25) is 0 Å². The Labute approximate surface area is 82.3 Å². The van der Waals surface area contributed by atoms with Crippen molar-refractivity contribution in [1.82, 2.24) is 0 Å². The number of hydrogen-bond donors (Lipinski definition) is 1. The Morgan fingerprint density at radius 2 is 2.00 bits per heavy atom. The van der Waals surface area contributed by atoms with Crippen LogP contribution in [0.5, 0.6) is 0 Å². The molecule has 0 saturated carbocycles. The molecular formula is C11H24O2. The molecule has 1 saturated heterocycles. The number of aliphatic hydroxyl groups excluding tert-OH is 1. The summed E-state index contributed by atoms with van der Waals surface area (Å²) in [4.78, 5) is 0. The van der Waals surface area contributed by atoms with Crippen LogP contribution >= 0.6 is 0 Å². The van der Waals surface area contributed by atoms with E-state index in [1.165, 1.54) is 19.3 Å². The highest BCUT2D eigenvalue weighted by Crippen LogP contribution is 2.10. The maximum atomic E-state index is 8.75. The fraction of sp³-hybridized carbons (Fsp3) is 1.00. The molecule has 0 radical (unpaired) electrons. The Bertz CT molecular complexity index is 96.3. The lowest BCUT2D eigenvalue weighted by Gasteiger charge is -2.08. The minimum atomic E-state index is 0.372. The van der Waals surface area contributed by atoms with E-state index in [4.69, 9.17) is 9.84 Å². The first kappa shape index (κ1) is 12.9. The number of ether oxygens (including phenoxy) is 1. The van der Waals surface area contributed by atoms with Gasteiger partial charge in [-0.3, -0.25) is 0 Å². The number of unbranched alkanes of at least 4 members (excludes halogenated alkanes) is 1. The predicted octanol–water partition coefficient (Wildman–Crippen LogP) is 2.60. The maximum Gasteiger partial charge on any atom is 0.0781 e. The summed E-state index contributed by atoms with van der Waals surface area (Å²) in [5.41, 5.74) is 0. The van der Waals surface area contributed by atoms with Crippen molar-refractivity contribution >= 4 is 0 Å². The molecule has 0 spiro atoms. The number of epoxide rings is 1. The van der Waals surface area contributed by atoms with E-state index in [1.54, 1.807) is 0 Å². The van der Waals surface area contributed by atoms with Gasteiger partial charge in [0.25, 0.3) is 0 Å². The summed E-state index contributed by atoms with van der Waals surface area (Å²) in [5, 5.41) is 8.75. The molecule has 2 atom stereocenters. The molecule has 0 aromatic rings. The third-order valence-corrected chi connectivity index (χ3v) is 2.30. The van der Waals surface area contributed by atoms with E-state index in [9.17, 15) is 0 Å². The normalized spacial score (nSPS) is 21.7. The van der Waals surface area contributed by atoms with Gasteiger partial charge in [-0.05, 0) is 19.3 Å². The Hall–Kier alpha value is -0.0800. The average molecular weight is 188 g/mol. The third-order valence-electron chi connectivity index (χ3n) is 2.30. The number of aliphatic hydroxyl groups is 1. The van der Waals surface area contributed by atoms with E-state index < -0.39 is 0 Å². The zero-order valence-corrected chi connectivity index (χ0v) is 9.25. The highest BCUT2D eigenvalue weighted by Gasteiger charge is 2.13. The van der Waals surface area contributed by atoms with Crippen LogP contribution in [0.4, 0.5) is 0 Å². The van der Waals surface area contributed by atoms with E-state index in [0.29, 0.717) is 18.6 Å². The molecule has 1 fully saturated rings. The monoisotopic (exact) mass is 188 g/mol. The van der Waals surface area contributed by atoms with E-state index in [2.05, 4.69) is 20.8 Å². The van der Waals surface area contributed by atoms with Gasteiger partial charge in [-0.25, -0.2) is 0 Å². The van der Waals surface area contributed by atoms with E-state index in [-0.39, 0.29) is 0 Å². The van der Waals surface area contributed by atoms with Crippen LogP contribution in [0.15, 0.2) is 0 Å². The fourth-order valence-corrected chi connectivity index (χ4v) is 1.01. The van der Waals surface area contributed by atoms with Crippen molar-refractivity contribution in [2.75, 3.05) is 13.2 Å². The highest BCUT2D eigenvalue weighted by atomic mass is 16.6. The number of hydrogen-bond acceptors (Lipinski definition) is 2. The summed E-state index contributed by atoms with van der Waals surface area (Å²) >= 11 is 0. The van der Waals surface area contributed by atoms with Crippen LogP contribution in [0.1, 0.15) is 46.5 Å². The molecule has 13 heavy (non-hydrogen) atoms. The quantitative estimate of drug-likeness (QED) is 0.673. The van der Waals surface area contributed by atoms with Crippen molar-refractivity contribution in [2.24, 2.45) is 5.92 Å². The fourth-order valence-electron chi connectivity index (χ4n) is 1.01. The molecule has 0 aliphatic carbocycles. The summed E-state index contributed by atoms with van der Waals surface area (Å²) in [6, 6.07) is 0.